The fraction of sp³-hybridized carbons (Fsp3) is 0.182. The summed E-state index contributed by atoms with van der Waals surface area (Å²) in [6.07, 6.45) is 1.67. The lowest BCUT2D eigenvalue weighted by Crippen LogP contribution is -1.96. The molecule has 1 rings (SSSR count). The summed E-state index contributed by atoms with van der Waals surface area (Å²) >= 11 is 0. The minimum atomic E-state index is 0.123. The molecule has 2 nitrogen and oxygen atoms in total. The van der Waals surface area contributed by atoms with E-state index in [-0.39, 0.29) is 5.76 Å². The van der Waals surface area contributed by atoms with E-state index in [4.69, 9.17) is 5.11 Å². The van der Waals surface area contributed by atoms with Crippen molar-refractivity contribution in [3.8, 4) is 0 Å². The first-order chi connectivity index (χ1) is 6.24. The van der Waals surface area contributed by atoms with Gasteiger partial charge in [0.15, 0.2) is 0 Å². The summed E-state index contributed by atoms with van der Waals surface area (Å²) < 4.78 is 0. The van der Waals surface area contributed by atoms with Crippen molar-refractivity contribution in [3.63, 3.8) is 0 Å². The molecule has 0 aliphatic rings. The molecule has 0 aliphatic heterocycles. The molecule has 0 aliphatic carbocycles. The smallest absolute Gasteiger partial charge is 0.124 e. The second-order valence-electron chi connectivity index (χ2n) is 2.88. The first-order valence-electron chi connectivity index (χ1n) is 4.11. The molecule has 0 bridgehead atoms. The summed E-state index contributed by atoms with van der Waals surface area (Å²) in [5, 5.41) is 9.02. The molecule has 0 aromatic heterocycles. The van der Waals surface area contributed by atoms with Crippen molar-refractivity contribution in [1.29, 1.82) is 0 Å². The summed E-state index contributed by atoms with van der Waals surface area (Å²) in [6, 6.07) is 7.53. The van der Waals surface area contributed by atoms with Crippen LogP contribution in [0.3, 0.4) is 0 Å². The van der Waals surface area contributed by atoms with E-state index >= 15 is 0 Å². The highest BCUT2D eigenvalue weighted by Gasteiger charge is 2.01. The van der Waals surface area contributed by atoms with Crippen molar-refractivity contribution in [1.82, 2.24) is 0 Å². The fourth-order valence-electron chi connectivity index (χ4n) is 1.24. The molecular formula is C11H12O2. The number of hydrogen-bond acceptors (Lipinski definition) is 2. The normalized spacial score (nSPS) is 9.54. The number of rotatable bonds is 4. The Morgan fingerprint density at radius 1 is 1.38 bits per heavy atom. The molecule has 0 saturated carbocycles. The van der Waals surface area contributed by atoms with Crippen LogP contribution in [0.2, 0.25) is 0 Å². The number of aliphatic hydroxyl groups is 1. The minimum absolute atomic E-state index is 0.123. The quantitative estimate of drug-likeness (QED) is 0.563. The zero-order valence-electron chi connectivity index (χ0n) is 7.36. The van der Waals surface area contributed by atoms with E-state index in [9.17, 15) is 4.79 Å². The van der Waals surface area contributed by atoms with Crippen LogP contribution in [0.25, 0.3) is 0 Å². The molecule has 0 amide bonds. The van der Waals surface area contributed by atoms with Gasteiger partial charge in [-0.1, -0.05) is 30.8 Å². The predicted molar refractivity (Wildman–Crippen MR) is 51.7 cm³/mol. The highest BCUT2D eigenvalue weighted by molar-refractivity contribution is 5.56. The van der Waals surface area contributed by atoms with Gasteiger partial charge in [0.05, 0.1) is 5.76 Å². The largest absolute Gasteiger partial charge is 0.513 e. The van der Waals surface area contributed by atoms with Crippen molar-refractivity contribution in [2.75, 3.05) is 0 Å². The van der Waals surface area contributed by atoms with Gasteiger partial charge in [0.1, 0.15) is 6.29 Å². The lowest BCUT2D eigenvalue weighted by atomic mass is 10.0. The molecule has 13 heavy (non-hydrogen) atoms. The monoisotopic (exact) mass is 176 g/mol. The number of aliphatic hydroxyl groups excluding tert-OH is 1. The van der Waals surface area contributed by atoms with E-state index in [1.165, 1.54) is 0 Å². The fourth-order valence-corrected chi connectivity index (χ4v) is 1.24. The van der Waals surface area contributed by atoms with Gasteiger partial charge in [-0.15, -0.1) is 0 Å². The first kappa shape index (κ1) is 9.52. The van der Waals surface area contributed by atoms with Gasteiger partial charge in [-0.25, -0.2) is 0 Å². The Morgan fingerprint density at radius 3 is 2.54 bits per heavy atom. The van der Waals surface area contributed by atoms with Gasteiger partial charge in [0.2, 0.25) is 0 Å². The zero-order valence-corrected chi connectivity index (χ0v) is 7.36. The van der Waals surface area contributed by atoms with Gasteiger partial charge in [-0.3, -0.25) is 0 Å². The number of hydrogen-bond donors (Lipinski definition) is 1. The van der Waals surface area contributed by atoms with Crippen LogP contribution in [0.4, 0.5) is 0 Å². The van der Waals surface area contributed by atoms with Crippen molar-refractivity contribution in [2.45, 2.75) is 12.8 Å². The van der Waals surface area contributed by atoms with Gasteiger partial charge in [-0.05, 0) is 11.1 Å². The summed E-state index contributed by atoms with van der Waals surface area (Å²) in [5.41, 5.74) is 1.91. The molecule has 68 valence electrons. The molecule has 0 saturated heterocycles. The average Bonchev–Trinajstić information content (AvgIpc) is 2.08. The number of carbonyl (C=O) groups excluding carboxylic acids is 1. The number of carbonyl (C=O) groups is 1. The third-order valence-electron chi connectivity index (χ3n) is 1.82. The summed E-state index contributed by atoms with van der Waals surface area (Å²) in [4.78, 5) is 10.3. The van der Waals surface area contributed by atoms with Gasteiger partial charge < -0.3 is 9.90 Å². The minimum Gasteiger partial charge on any atom is -0.513 e. The number of aldehydes is 1. The first-order valence-corrected chi connectivity index (χ1v) is 4.11. The van der Waals surface area contributed by atoms with Crippen molar-refractivity contribution in [3.05, 3.63) is 47.7 Å². The Kier molecular flexibility index (Phi) is 3.26. The Bertz CT molecular complexity index is 316. The summed E-state index contributed by atoms with van der Waals surface area (Å²) in [7, 11) is 0. The van der Waals surface area contributed by atoms with Gasteiger partial charge >= 0.3 is 0 Å². The van der Waals surface area contributed by atoms with Crippen LogP contribution < -0.4 is 0 Å². The van der Waals surface area contributed by atoms with Crippen LogP contribution in [0.15, 0.2) is 36.6 Å². The summed E-state index contributed by atoms with van der Waals surface area (Å²) in [6.45, 7) is 3.42. The third kappa shape index (κ3) is 2.75. The number of allylic oxidation sites excluding steroid dienone is 1. The van der Waals surface area contributed by atoms with Crippen LogP contribution in [0, 0.1) is 0 Å². The van der Waals surface area contributed by atoms with Gasteiger partial charge in [-0.2, -0.15) is 0 Å². The average molecular weight is 176 g/mol. The van der Waals surface area contributed by atoms with Crippen molar-refractivity contribution >= 4 is 6.29 Å². The lowest BCUT2D eigenvalue weighted by Gasteiger charge is -2.05. The maximum atomic E-state index is 10.3. The molecule has 2 heteroatoms. The molecule has 1 N–H and O–H groups in total. The SMILES string of the molecule is C=C(O)Cc1ccccc1CC=O. The van der Waals surface area contributed by atoms with E-state index in [1.54, 1.807) is 0 Å². The van der Waals surface area contributed by atoms with E-state index in [0.29, 0.717) is 12.8 Å². The highest BCUT2D eigenvalue weighted by Crippen LogP contribution is 2.11. The lowest BCUT2D eigenvalue weighted by molar-refractivity contribution is -0.107. The second kappa shape index (κ2) is 4.45. The molecule has 0 radical (unpaired) electrons. The topological polar surface area (TPSA) is 37.3 Å². The van der Waals surface area contributed by atoms with E-state index in [0.717, 1.165) is 17.4 Å². The Hall–Kier alpha value is -1.57. The molecule has 0 spiro atoms. The second-order valence-corrected chi connectivity index (χ2v) is 2.88. The maximum Gasteiger partial charge on any atom is 0.124 e. The standard InChI is InChI=1S/C11H12O2/c1-9(13)8-11-5-3-2-4-10(11)6-7-12/h2-5,7,13H,1,6,8H2. The summed E-state index contributed by atoms with van der Waals surface area (Å²) in [5.74, 6) is 0.123. The van der Waals surface area contributed by atoms with Crippen molar-refractivity contribution in [2.24, 2.45) is 0 Å². The van der Waals surface area contributed by atoms with Crippen molar-refractivity contribution < 1.29 is 9.90 Å². The Balaban J connectivity index is 2.90. The molecule has 0 heterocycles. The Morgan fingerprint density at radius 2 is 2.00 bits per heavy atom. The van der Waals surface area contributed by atoms with E-state index in [1.807, 2.05) is 24.3 Å². The van der Waals surface area contributed by atoms with Gasteiger partial charge in [0.25, 0.3) is 0 Å². The number of benzene rings is 1. The van der Waals surface area contributed by atoms with Crippen LogP contribution in [-0.4, -0.2) is 11.4 Å². The van der Waals surface area contributed by atoms with E-state index in [2.05, 4.69) is 6.58 Å². The molecule has 0 fully saturated rings. The van der Waals surface area contributed by atoms with Gasteiger partial charge in [0, 0.05) is 12.8 Å². The molecule has 1 aromatic rings. The zero-order chi connectivity index (χ0) is 9.68. The predicted octanol–water partition coefficient (Wildman–Crippen LogP) is 2.04. The molecule has 0 unspecified atom stereocenters. The Labute approximate surface area is 77.5 Å². The van der Waals surface area contributed by atoms with Crippen LogP contribution in [0.5, 0.6) is 0 Å². The molecule has 0 atom stereocenters. The highest BCUT2D eigenvalue weighted by atomic mass is 16.3. The van der Waals surface area contributed by atoms with Crippen LogP contribution in [0.1, 0.15) is 11.1 Å². The van der Waals surface area contributed by atoms with E-state index < -0.39 is 0 Å². The molecule has 1 aromatic carbocycles. The van der Waals surface area contributed by atoms with Crippen LogP contribution in [-0.2, 0) is 17.6 Å². The van der Waals surface area contributed by atoms with Crippen LogP contribution >= 0.6 is 0 Å². The third-order valence-corrected chi connectivity index (χ3v) is 1.82. The maximum absolute atomic E-state index is 10.3. The molecular weight excluding hydrogens is 164 g/mol.